The fourth-order valence-electron chi connectivity index (χ4n) is 2.61. The first kappa shape index (κ1) is 18.9. The Bertz CT molecular complexity index is 612. The Morgan fingerprint density at radius 2 is 1.80 bits per heavy atom. The Kier molecular flexibility index (Phi) is 8.49. The molecule has 2 N–H and O–H groups in total. The van der Waals surface area contributed by atoms with E-state index in [9.17, 15) is 0 Å². The van der Waals surface area contributed by atoms with Crippen molar-refractivity contribution in [2.45, 2.75) is 19.4 Å². The van der Waals surface area contributed by atoms with Gasteiger partial charge in [0.05, 0.1) is 0 Å². The Balaban J connectivity index is 1.57. The first-order valence-electron chi connectivity index (χ1n) is 8.85. The minimum Gasteiger partial charge on any atom is -0.356 e. The number of rotatable bonds is 9. The lowest BCUT2D eigenvalue weighted by Gasteiger charge is -2.17. The second kappa shape index (κ2) is 11.2. The molecule has 2 aromatic rings. The highest BCUT2D eigenvalue weighted by Gasteiger charge is 2.01. The van der Waals surface area contributed by atoms with Crippen molar-refractivity contribution >= 4 is 5.96 Å². The molecular weight excluding hydrogens is 310 g/mol. The lowest BCUT2D eigenvalue weighted by molar-refractivity contribution is 0.322. The normalized spacial score (nSPS) is 11.6. The van der Waals surface area contributed by atoms with Crippen molar-refractivity contribution in [2.24, 2.45) is 4.99 Å². The van der Waals surface area contributed by atoms with E-state index >= 15 is 0 Å². The molecule has 0 fully saturated rings. The van der Waals surface area contributed by atoms with Crippen LogP contribution in [0.2, 0.25) is 0 Å². The van der Waals surface area contributed by atoms with Gasteiger partial charge in [-0.25, -0.2) is 0 Å². The molecule has 0 saturated carbocycles. The van der Waals surface area contributed by atoms with Gasteiger partial charge in [-0.3, -0.25) is 9.98 Å². The highest BCUT2D eigenvalue weighted by atomic mass is 15.2. The number of benzene rings is 1. The summed E-state index contributed by atoms with van der Waals surface area (Å²) in [5, 5.41) is 6.70. The number of nitrogens with one attached hydrogen (secondary N) is 2. The molecule has 0 unspecified atom stereocenters. The summed E-state index contributed by atoms with van der Waals surface area (Å²) in [5.41, 5.74) is 2.44. The Morgan fingerprint density at radius 1 is 1.04 bits per heavy atom. The molecule has 0 radical (unpaired) electrons. The number of hydrogen-bond donors (Lipinski definition) is 2. The topological polar surface area (TPSA) is 52.6 Å². The van der Waals surface area contributed by atoms with E-state index in [4.69, 9.17) is 0 Å². The van der Waals surface area contributed by atoms with Crippen molar-refractivity contribution in [3.8, 4) is 0 Å². The molecule has 0 saturated heterocycles. The van der Waals surface area contributed by atoms with Crippen molar-refractivity contribution in [1.82, 2.24) is 20.5 Å². The lowest BCUT2D eigenvalue weighted by Crippen LogP contribution is -2.39. The molecule has 2 rings (SSSR count). The molecule has 1 aromatic carbocycles. The molecule has 0 spiro atoms. The van der Waals surface area contributed by atoms with Crippen LogP contribution < -0.4 is 10.6 Å². The first-order valence-corrected chi connectivity index (χ1v) is 8.85. The van der Waals surface area contributed by atoms with E-state index in [1.165, 1.54) is 5.56 Å². The van der Waals surface area contributed by atoms with Crippen LogP contribution in [0.15, 0.2) is 59.7 Å². The zero-order valence-corrected chi connectivity index (χ0v) is 15.3. The van der Waals surface area contributed by atoms with Crippen LogP contribution in [0.1, 0.15) is 17.7 Å². The molecule has 0 aliphatic heterocycles. The highest BCUT2D eigenvalue weighted by molar-refractivity contribution is 5.79. The third-order valence-electron chi connectivity index (χ3n) is 3.93. The Hall–Kier alpha value is -2.40. The van der Waals surface area contributed by atoms with Gasteiger partial charge < -0.3 is 15.5 Å². The van der Waals surface area contributed by atoms with E-state index in [0.29, 0.717) is 0 Å². The molecule has 1 aromatic heterocycles. The van der Waals surface area contributed by atoms with Crippen LogP contribution >= 0.6 is 0 Å². The Morgan fingerprint density at radius 3 is 2.52 bits per heavy atom. The van der Waals surface area contributed by atoms with Crippen LogP contribution in [0.5, 0.6) is 0 Å². The average molecular weight is 339 g/mol. The molecule has 0 bridgehead atoms. The third-order valence-corrected chi connectivity index (χ3v) is 3.93. The fourth-order valence-corrected chi connectivity index (χ4v) is 2.61. The summed E-state index contributed by atoms with van der Waals surface area (Å²) in [5.74, 6) is 0.849. The summed E-state index contributed by atoms with van der Waals surface area (Å²) in [6, 6.07) is 16.6. The molecule has 1 heterocycles. The van der Waals surface area contributed by atoms with Gasteiger partial charge in [-0.2, -0.15) is 0 Å². The monoisotopic (exact) mass is 339 g/mol. The van der Waals surface area contributed by atoms with Crippen LogP contribution in [-0.2, 0) is 13.0 Å². The zero-order chi connectivity index (χ0) is 17.7. The maximum atomic E-state index is 4.32. The number of pyridine rings is 1. The zero-order valence-electron chi connectivity index (χ0n) is 15.3. The minimum absolute atomic E-state index is 0.824. The quantitative estimate of drug-likeness (QED) is 0.418. The lowest BCUT2D eigenvalue weighted by atomic mass is 10.2. The summed E-state index contributed by atoms with van der Waals surface area (Å²) >= 11 is 0. The summed E-state index contributed by atoms with van der Waals surface area (Å²) in [7, 11) is 3.96. The van der Waals surface area contributed by atoms with E-state index in [-0.39, 0.29) is 0 Å². The second-order valence-electron chi connectivity index (χ2n) is 6.07. The van der Waals surface area contributed by atoms with Crippen molar-refractivity contribution in [1.29, 1.82) is 0 Å². The SMILES string of the molecule is CN=C(NCCCN(C)Cc1ccccc1)NCCc1ccccn1. The Labute approximate surface area is 151 Å². The van der Waals surface area contributed by atoms with Crippen molar-refractivity contribution in [3.05, 3.63) is 66.0 Å². The van der Waals surface area contributed by atoms with Crippen molar-refractivity contribution < 1.29 is 0 Å². The van der Waals surface area contributed by atoms with Gasteiger partial charge in [0.15, 0.2) is 5.96 Å². The largest absolute Gasteiger partial charge is 0.356 e. The van der Waals surface area contributed by atoms with Crippen LogP contribution in [0.3, 0.4) is 0 Å². The smallest absolute Gasteiger partial charge is 0.190 e. The van der Waals surface area contributed by atoms with Gasteiger partial charge in [0, 0.05) is 45.0 Å². The van der Waals surface area contributed by atoms with Crippen LogP contribution in [-0.4, -0.2) is 49.6 Å². The van der Waals surface area contributed by atoms with Crippen LogP contribution in [0.4, 0.5) is 0 Å². The van der Waals surface area contributed by atoms with Gasteiger partial charge in [0.25, 0.3) is 0 Å². The van der Waals surface area contributed by atoms with Crippen LogP contribution in [0.25, 0.3) is 0 Å². The predicted molar refractivity (Wildman–Crippen MR) is 105 cm³/mol. The molecule has 0 amide bonds. The van der Waals surface area contributed by atoms with Crippen LogP contribution in [0, 0.1) is 0 Å². The number of aromatic nitrogens is 1. The van der Waals surface area contributed by atoms with Gasteiger partial charge in [-0.05, 0) is 37.7 Å². The maximum absolute atomic E-state index is 4.32. The minimum atomic E-state index is 0.824. The van der Waals surface area contributed by atoms with Gasteiger partial charge >= 0.3 is 0 Å². The third kappa shape index (κ3) is 7.81. The molecular formula is C20H29N5. The van der Waals surface area contributed by atoms with Gasteiger partial charge in [-0.15, -0.1) is 0 Å². The van der Waals surface area contributed by atoms with E-state index in [1.54, 1.807) is 7.05 Å². The van der Waals surface area contributed by atoms with Gasteiger partial charge in [0.1, 0.15) is 0 Å². The number of aliphatic imine (C=N–C) groups is 1. The number of hydrogen-bond acceptors (Lipinski definition) is 3. The van der Waals surface area contributed by atoms with E-state index in [1.807, 2.05) is 24.4 Å². The molecule has 0 atom stereocenters. The number of guanidine groups is 1. The average Bonchev–Trinajstić information content (AvgIpc) is 2.65. The second-order valence-corrected chi connectivity index (χ2v) is 6.07. The molecule has 5 heteroatoms. The highest BCUT2D eigenvalue weighted by Crippen LogP contribution is 2.02. The summed E-state index contributed by atoms with van der Waals surface area (Å²) in [6.45, 7) is 3.76. The fraction of sp³-hybridized carbons (Fsp3) is 0.400. The standard InChI is InChI=1S/C20H29N5/c1-21-20(24-15-12-19-11-6-7-13-22-19)23-14-8-16-25(2)17-18-9-4-3-5-10-18/h3-7,9-11,13H,8,12,14-17H2,1-2H3,(H2,21,23,24). The first-order chi connectivity index (χ1) is 12.3. The molecule has 0 aliphatic carbocycles. The van der Waals surface area contributed by atoms with E-state index < -0.39 is 0 Å². The van der Waals surface area contributed by atoms with Gasteiger partial charge in [0.2, 0.25) is 0 Å². The molecule has 5 nitrogen and oxygen atoms in total. The van der Waals surface area contributed by atoms with E-state index in [0.717, 1.165) is 50.7 Å². The van der Waals surface area contributed by atoms with Gasteiger partial charge in [-0.1, -0.05) is 36.4 Å². The predicted octanol–water partition coefficient (Wildman–Crippen LogP) is 2.31. The molecule has 134 valence electrons. The molecule has 25 heavy (non-hydrogen) atoms. The summed E-state index contributed by atoms with van der Waals surface area (Å²) < 4.78 is 0. The van der Waals surface area contributed by atoms with E-state index in [2.05, 4.69) is 62.9 Å². The summed E-state index contributed by atoms with van der Waals surface area (Å²) in [4.78, 5) is 10.9. The molecule has 0 aliphatic rings. The van der Waals surface area contributed by atoms with Crippen molar-refractivity contribution in [2.75, 3.05) is 33.7 Å². The maximum Gasteiger partial charge on any atom is 0.190 e. The summed E-state index contributed by atoms with van der Waals surface area (Å²) in [6.07, 6.45) is 3.79. The van der Waals surface area contributed by atoms with Crippen molar-refractivity contribution in [3.63, 3.8) is 0 Å². The number of nitrogens with zero attached hydrogens (tertiary/aromatic N) is 3.